The first-order valence-corrected chi connectivity index (χ1v) is 7.46. The summed E-state index contributed by atoms with van der Waals surface area (Å²) in [5, 5.41) is 8.16. The first-order valence-electron chi connectivity index (χ1n) is 6.58. The number of Topliss-reactive ketones (excluding diaryl/α,β-unsaturated/α-hetero) is 1. The molecule has 1 saturated heterocycles. The predicted octanol–water partition coefficient (Wildman–Crippen LogP) is 2.31. The van der Waals surface area contributed by atoms with Crippen LogP contribution in [0, 0.1) is 5.92 Å². The molecule has 1 fully saturated rings. The predicted molar refractivity (Wildman–Crippen MR) is 76.5 cm³/mol. The van der Waals surface area contributed by atoms with Crippen LogP contribution in [-0.2, 0) is 20.8 Å². The molecule has 0 saturated carbocycles. The maximum Gasteiger partial charge on any atom is 0.303 e. The summed E-state index contributed by atoms with van der Waals surface area (Å²) in [4.78, 5) is 34.5. The molecule has 1 heterocycles. The molecule has 0 radical (unpaired) electrons. The van der Waals surface area contributed by atoms with Gasteiger partial charge in [-0.1, -0.05) is 42.1 Å². The van der Waals surface area contributed by atoms with E-state index in [1.807, 2.05) is 30.3 Å². The Labute approximate surface area is 121 Å². The van der Waals surface area contributed by atoms with Crippen LogP contribution in [0.4, 0.5) is 0 Å². The molecule has 1 aliphatic heterocycles. The molecular formula is C15H16O4S. The van der Waals surface area contributed by atoms with Gasteiger partial charge in [-0.15, -0.1) is 0 Å². The van der Waals surface area contributed by atoms with E-state index in [-0.39, 0.29) is 22.6 Å². The van der Waals surface area contributed by atoms with Crippen LogP contribution in [0.3, 0.4) is 0 Å². The van der Waals surface area contributed by atoms with Gasteiger partial charge in [0.2, 0.25) is 0 Å². The average molecular weight is 292 g/mol. The van der Waals surface area contributed by atoms with Crippen LogP contribution in [-0.4, -0.2) is 27.2 Å². The van der Waals surface area contributed by atoms with Crippen LogP contribution in [0.15, 0.2) is 30.3 Å². The Morgan fingerprint density at radius 1 is 1.20 bits per heavy atom. The van der Waals surface area contributed by atoms with Crippen molar-refractivity contribution in [3.63, 3.8) is 0 Å². The molecule has 0 aromatic heterocycles. The highest BCUT2D eigenvalue weighted by Gasteiger charge is 2.41. The highest BCUT2D eigenvalue weighted by Crippen LogP contribution is 2.34. The van der Waals surface area contributed by atoms with Crippen molar-refractivity contribution in [2.24, 2.45) is 5.92 Å². The fraction of sp³-hybridized carbons (Fsp3) is 0.400. The number of carbonyl (C=O) groups excluding carboxylic acids is 2. The third-order valence-electron chi connectivity index (χ3n) is 3.35. The second-order valence-electron chi connectivity index (χ2n) is 4.86. The van der Waals surface area contributed by atoms with E-state index in [0.29, 0.717) is 19.3 Å². The van der Waals surface area contributed by atoms with Gasteiger partial charge in [0.1, 0.15) is 0 Å². The SMILES string of the molecule is O=C(O)CCCC1C(=O)SC(Cc2ccccc2)C1=O. The summed E-state index contributed by atoms with van der Waals surface area (Å²) in [7, 11) is 0. The third kappa shape index (κ3) is 3.70. The van der Waals surface area contributed by atoms with Gasteiger partial charge in [-0.05, 0) is 24.8 Å². The molecule has 2 atom stereocenters. The van der Waals surface area contributed by atoms with Crippen molar-refractivity contribution in [2.75, 3.05) is 0 Å². The van der Waals surface area contributed by atoms with Crippen molar-refractivity contribution in [1.82, 2.24) is 0 Å². The molecule has 0 bridgehead atoms. The highest BCUT2D eigenvalue weighted by molar-refractivity contribution is 8.15. The number of carboxylic acid groups (broad SMARTS) is 1. The van der Waals surface area contributed by atoms with Crippen LogP contribution < -0.4 is 0 Å². The van der Waals surface area contributed by atoms with E-state index < -0.39 is 11.9 Å². The van der Waals surface area contributed by atoms with Gasteiger partial charge >= 0.3 is 5.97 Å². The molecule has 1 aromatic carbocycles. The Kier molecular flexibility index (Phi) is 4.95. The fourth-order valence-electron chi connectivity index (χ4n) is 2.31. The van der Waals surface area contributed by atoms with Crippen LogP contribution in [0.2, 0.25) is 0 Å². The molecular weight excluding hydrogens is 276 g/mol. The number of thioether (sulfide) groups is 1. The second kappa shape index (κ2) is 6.70. The lowest BCUT2D eigenvalue weighted by atomic mass is 9.94. The van der Waals surface area contributed by atoms with Crippen LogP contribution in [0.5, 0.6) is 0 Å². The molecule has 106 valence electrons. The Hall–Kier alpha value is -1.62. The summed E-state index contributed by atoms with van der Waals surface area (Å²) in [6.45, 7) is 0. The molecule has 1 aromatic rings. The Balaban J connectivity index is 1.93. The first-order chi connectivity index (χ1) is 9.58. The second-order valence-corrected chi connectivity index (χ2v) is 6.06. The summed E-state index contributed by atoms with van der Waals surface area (Å²) in [6.07, 6.45) is 1.29. The highest BCUT2D eigenvalue weighted by atomic mass is 32.2. The lowest BCUT2D eigenvalue weighted by Crippen LogP contribution is -2.21. The molecule has 4 nitrogen and oxygen atoms in total. The van der Waals surface area contributed by atoms with E-state index in [4.69, 9.17) is 5.11 Å². The number of ketones is 1. The number of rotatable bonds is 6. The summed E-state index contributed by atoms with van der Waals surface area (Å²) in [6, 6.07) is 9.61. The zero-order valence-corrected chi connectivity index (χ0v) is 11.8. The fourth-order valence-corrected chi connectivity index (χ4v) is 3.54. The maximum atomic E-state index is 12.2. The van der Waals surface area contributed by atoms with E-state index >= 15 is 0 Å². The molecule has 0 aliphatic carbocycles. The van der Waals surface area contributed by atoms with Crippen molar-refractivity contribution in [3.05, 3.63) is 35.9 Å². The zero-order chi connectivity index (χ0) is 14.5. The van der Waals surface area contributed by atoms with Crippen LogP contribution in [0.25, 0.3) is 0 Å². The average Bonchev–Trinajstić information content (AvgIpc) is 2.67. The minimum atomic E-state index is -0.892. The van der Waals surface area contributed by atoms with Gasteiger partial charge in [0, 0.05) is 6.42 Å². The van der Waals surface area contributed by atoms with Gasteiger partial charge in [-0.25, -0.2) is 0 Å². The van der Waals surface area contributed by atoms with Gasteiger partial charge in [-0.2, -0.15) is 0 Å². The van der Waals surface area contributed by atoms with E-state index in [0.717, 1.165) is 17.3 Å². The van der Waals surface area contributed by atoms with Crippen molar-refractivity contribution in [3.8, 4) is 0 Å². The lowest BCUT2D eigenvalue weighted by molar-refractivity contribution is -0.137. The van der Waals surface area contributed by atoms with Gasteiger partial charge in [0.25, 0.3) is 0 Å². The number of benzene rings is 1. The quantitative estimate of drug-likeness (QED) is 0.815. The van der Waals surface area contributed by atoms with E-state index in [2.05, 4.69) is 0 Å². The first kappa shape index (κ1) is 14.8. The monoisotopic (exact) mass is 292 g/mol. The van der Waals surface area contributed by atoms with Crippen molar-refractivity contribution < 1.29 is 19.5 Å². The molecule has 2 rings (SSSR count). The van der Waals surface area contributed by atoms with E-state index in [1.165, 1.54) is 0 Å². The van der Waals surface area contributed by atoms with Gasteiger partial charge in [0.15, 0.2) is 10.9 Å². The van der Waals surface area contributed by atoms with Gasteiger partial charge in [0.05, 0.1) is 11.2 Å². The molecule has 0 spiro atoms. The van der Waals surface area contributed by atoms with Crippen LogP contribution in [0.1, 0.15) is 24.8 Å². The standard InChI is InChI=1S/C15H16O4S/c16-13(17)8-4-7-11-14(18)12(20-15(11)19)9-10-5-2-1-3-6-10/h1-3,5-6,11-12H,4,7-9H2,(H,16,17). The Bertz CT molecular complexity index is 512. The number of aliphatic carboxylic acids is 1. The number of carboxylic acids is 1. The van der Waals surface area contributed by atoms with Gasteiger partial charge < -0.3 is 5.11 Å². The molecule has 0 amide bonds. The molecule has 1 aliphatic rings. The van der Waals surface area contributed by atoms with Crippen molar-refractivity contribution in [1.29, 1.82) is 0 Å². The van der Waals surface area contributed by atoms with Gasteiger partial charge in [-0.3, -0.25) is 14.4 Å². The number of hydrogen-bond donors (Lipinski definition) is 1. The Morgan fingerprint density at radius 2 is 1.90 bits per heavy atom. The summed E-state index contributed by atoms with van der Waals surface area (Å²) >= 11 is 1.10. The molecule has 20 heavy (non-hydrogen) atoms. The van der Waals surface area contributed by atoms with Crippen LogP contribution >= 0.6 is 11.8 Å². The minimum Gasteiger partial charge on any atom is -0.481 e. The third-order valence-corrected chi connectivity index (χ3v) is 4.55. The number of hydrogen-bond acceptors (Lipinski definition) is 4. The number of carbonyl (C=O) groups is 3. The molecule has 2 unspecified atom stereocenters. The molecule has 5 heteroatoms. The summed E-state index contributed by atoms with van der Waals surface area (Å²) in [5.41, 5.74) is 1.04. The van der Waals surface area contributed by atoms with Crippen molar-refractivity contribution >= 4 is 28.6 Å². The van der Waals surface area contributed by atoms with E-state index in [1.54, 1.807) is 0 Å². The summed E-state index contributed by atoms with van der Waals surface area (Å²) < 4.78 is 0. The summed E-state index contributed by atoms with van der Waals surface area (Å²) in [5.74, 6) is -1.56. The van der Waals surface area contributed by atoms with Crippen molar-refractivity contribution in [2.45, 2.75) is 30.9 Å². The van der Waals surface area contributed by atoms with E-state index in [9.17, 15) is 14.4 Å². The normalized spacial score (nSPS) is 22.2. The lowest BCUT2D eigenvalue weighted by Gasteiger charge is -2.08. The topological polar surface area (TPSA) is 71.4 Å². The minimum absolute atomic E-state index is 0.00504. The smallest absolute Gasteiger partial charge is 0.303 e. The zero-order valence-electron chi connectivity index (χ0n) is 11.0. The molecule has 1 N–H and O–H groups in total. The maximum absolute atomic E-state index is 12.2. The largest absolute Gasteiger partial charge is 0.481 e. The Morgan fingerprint density at radius 3 is 2.55 bits per heavy atom.